The van der Waals surface area contributed by atoms with Gasteiger partial charge in [0.15, 0.2) is 5.60 Å². The van der Waals surface area contributed by atoms with Crippen molar-refractivity contribution in [3.05, 3.63) is 62.9 Å². The predicted molar refractivity (Wildman–Crippen MR) is 128 cm³/mol. The summed E-state index contributed by atoms with van der Waals surface area (Å²) in [6.45, 7) is 9.49. The molecule has 0 saturated heterocycles. The maximum absolute atomic E-state index is 13.5. The molecule has 8 nitrogen and oxygen atoms in total. The number of ether oxygens (including phenoxy) is 1. The third-order valence-electron chi connectivity index (χ3n) is 6.41. The SMILES string of the molecule is CC[C@@]1(O)C(=O)OCc2c1cc1n(c2=O)Cc2c-1nc1ccccc1c2C(C)=NOC(C)(C)C. The molecule has 1 atom stereocenters. The van der Waals surface area contributed by atoms with Gasteiger partial charge >= 0.3 is 5.97 Å². The second-order valence-electron chi connectivity index (χ2n) is 9.81. The van der Waals surface area contributed by atoms with Crippen LogP contribution in [-0.4, -0.2) is 31.9 Å². The number of benzene rings is 1. The topological polar surface area (TPSA) is 103 Å². The molecule has 8 heteroatoms. The molecule has 1 N–H and O–H groups in total. The maximum atomic E-state index is 13.5. The zero-order chi connectivity index (χ0) is 24.4. The number of oxime groups is 1. The van der Waals surface area contributed by atoms with Gasteiger partial charge in [0.25, 0.3) is 5.56 Å². The molecule has 0 saturated carbocycles. The Labute approximate surface area is 196 Å². The first kappa shape index (κ1) is 22.3. The van der Waals surface area contributed by atoms with Crippen LogP contribution in [0.1, 0.15) is 63.3 Å². The highest BCUT2D eigenvalue weighted by Crippen LogP contribution is 2.40. The van der Waals surface area contributed by atoms with Gasteiger partial charge in [0.1, 0.15) is 12.2 Å². The second-order valence-corrected chi connectivity index (χ2v) is 9.81. The second kappa shape index (κ2) is 7.50. The molecule has 5 rings (SSSR count). The monoisotopic (exact) mass is 461 g/mol. The number of hydrogen-bond acceptors (Lipinski definition) is 7. The van der Waals surface area contributed by atoms with Gasteiger partial charge in [-0.25, -0.2) is 9.78 Å². The molecule has 0 unspecified atom stereocenters. The summed E-state index contributed by atoms with van der Waals surface area (Å²) in [5.41, 5.74) is 2.35. The van der Waals surface area contributed by atoms with Gasteiger partial charge in [-0.2, -0.15) is 0 Å². The Hall–Kier alpha value is -3.52. The van der Waals surface area contributed by atoms with Crippen molar-refractivity contribution in [2.45, 2.75) is 65.4 Å². The van der Waals surface area contributed by atoms with Crippen LogP contribution in [0.2, 0.25) is 0 Å². The zero-order valence-electron chi connectivity index (χ0n) is 19.9. The first-order chi connectivity index (χ1) is 16.0. The van der Waals surface area contributed by atoms with E-state index in [0.717, 1.165) is 22.0 Å². The number of hydrogen-bond donors (Lipinski definition) is 1. The molecular weight excluding hydrogens is 434 g/mol. The lowest BCUT2D eigenvalue weighted by atomic mass is 9.86. The molecule has 2 aromatic heterocycles. The Kier molecular flexibility index (Phi) is 4.91. The van der Waals surface area contributed by atoms with Gasteiger partial charge in [0.2, 0.25) is 0 Å². The molecule has 1 aromatic carbocycles. The molecular formula is C26H27N3O5. The van der Waals surface area contributed by atoms with Crippen LogP contribution in [-0.2, 0) is 33.1 Å². The number of pyridine rings is 2. The summed E-state index contributed by atoms with van der Waals surface area (Å²) in [4.78, 5) is 36.5. The van der Waals surface area contributed by atoms with Crippen molar-refractivity contribution >= 4 is 22.6 Å². The fourth-order valence-corrected chi connectivity index (χ4v) is 4.69. The third kappa shape index (κ3) is 3.24. The number of aliphatic hydroxyl groups is 1. The van der Waals surface area contributed by atoms with E-state index in [0.29, 0.717) is 34.8 Å². The first-order valence-corrected chi connectivity index (χ1v) is 11.4. The standard InChI is InChI=1S/C26H27N3O5/c1-6-26(32)18-11-20-22-16(12-29(20)23(30)17(18)13-33-24(26)31)21(14(2)28-34-25(3,4)5)15-9-7-8-10-19(15)27-22/h7-11,32H,6,12-13H2,1-5H3/t26-/m0/s1. The molecule has 4 heterocycles. The van der Waals surface area contributed by atoms with Gasteiger partial charge in [-0.05, 0) is 46.2 Å². The number of aromatic nitrogens is 2. The van der Waals surface area contributed by atoms with E-state index in [4.69, 9.17) is 14.6 Å². The summed E-state index contributed by atoms with van der Waals surface area (Å²) >= 11 is 0. The lowest BCUT2D eigenvalue weighted by molar-refractivity contribution is -0.172. The van der Waals surface area contributed by atoms with E-state index in [1.807, 2.05) is 52.0 Å². The number of nitrogens with zero attached hydrogens (tertiary/aromatic N) is 3. The van der Waals surface area contributed by atoms with E-state index >= 15 is 0 Å². The summed E-state index contributed by atoms with van der Waals surface area (Å²) in [7, 11) is 0. The van der Waals surface area contributed by atoms with Crippen LogP contribution >= 0.6 is 0 Å². The van der Waals surface area contributed by atoms with Crippen LogP contribution in [0.3, 0.4) is 0 Å². The molecule has 0 bridgehead atoms. The van der Waals surface area contributed by atoms with E-state index in [-0.39, 0.29) is 18.6 Å². The number of rotatable bonds is 3. The smallest absolute Gasteiger partial charge is 0.343 e. The van der Waals surface area contributed by atoms with Gasteiger partial charge in [0.05, 0.1) is 34.7 Å². The fourth-order valence-electron chi connectivity index (χ4n) is 4.69. The lowest BCUT2D eigenvalue weighted by Gasteiger charge is -2.31. The number of carbonyl (C=O) groups excluding carboxylic acids is 1. The maximum Gasteiger partial charge on any atom is 0.343 e. The molecule has 0 radical (unpaired) electrons. The highest BCUT2D eigenvalue weighted by molar-refractivity contribution is 6.11. The minimum absolute atomic E-state index is 0.0981. The average Bonchev–Trinajstić information content (AvgIpc) is 3.16. The normalized spacial score (nSPS) is 19.5. The van der Waals surface area contributed by atoms with Crippen molar-refractivity contribution in [2.75, 3.05) is 0 Å². The Morgan fingerprint density at radius 1 is 1.26 bits per heavy atom. The molecule has 0 spiro atoms. The summed E-state index contributed by atoms with van der Waals surface area (Å²) in [5.74, 6) is -0.737. The Bertz CT molecular complexity index is 1450. The molecule has 34 heavy (non-hydrogen) atoms. The van der Waals surface area contributed by atoms with Crippen molar-refractivity contribution in [3.63, 3.8) is 0 Å². The molecule has 2 aliphatic heterocycles. The number of esters is 1. The number of fused-ring (bicyclic) bond motifs is 5. The zero-order valence-corrected chi connectivity index (χ0v) is 19.9. The molecule has 0 aliphatic carbocycles. The lowest BCUT2D eigenvalue weighted by Crippen LogP contribution is -2.44. The van der Waals surface area contributed by atoms with Crippen molar-refractivity contribution < 1.29 is 19.5 Å². The largest absolute Gasteiger partial charge is 0.458 e. The van der Waals surface area contributed by atoms with Gasteiger partial charge in [-0.3, -0.25) is 4.79 Å². The van der Waals surface area contributed by atoms with Crippen LogP contribution in [0.15, 0.2) is 40.3 Å². The van der Waals surface area contributed by atoms with E-state index in [1.165, 1.54) is 0 Å². The van der Waals surface area contributed by atoms with Gasteiger partial charge in [0, 0.05) is 22.1 Å². The number of carbonyl (C=O) groups is 1. The molecule has 2 aliphatic rings. The van der Waals surface area contributed by atoms with Crippen LogP contribution in [0.25, 0.3) is 22.3 Å². The third-order valence-corrected chi connectivity index (χ3v) is 6.41. The summed E-state index contributed by atoms with van der Waals surface area (Å²) in [5, 5.41) is 16.4. The van der Waals surface area contributed by atoms with Crippen LogP contribution in [0.4, 0.5) is 0 Å². The Morgan fingerprint density at radius 2 is 2.00 bits per heavy atom. The van der Waals surface area contributed by atoms with E-state index in [2.05, 4.69) is 5.16 Å². The van der Waals surface area contributed by atoms with Crippen molar-refractivity contribution in [1.29, 1.82) is 0 Å². The van der Waals surface area contributed by atoms with Crippen molar-refractivity contribution in [1.82, 2.24) is 9.55 Å². The van der Waals surface area contributed by atoms with E-state index in [1.54, 1.807) is 17.6 Å². The quantitative estimate of drug-likeness (QED) is 0.284. The van der Waals surface area contributed by atoms with Gasteiger partial charge in [-0.15, -0.1) is 0 Å². The molecule has 0 fully saturated rings. The minimum atomic E-state index is -1.86. The molecule has 3 aromatic rings. The molecule has 0 amide bonds. The highest BCUT2D eigenvalue weighted by atomic mass is 16.6. The number of cyclic esters (lactones) is 1. The minimum Gasteiger partial charge on any atom is -0.458 e. The summed E-state index contributed by atoms with van der Waals surface area (Å²) in [6, 6.07) is 9.46. The van der Waals surface area contributed by atoms with Crippen LogP contribution in [0.5, 0.6) is 0 Å². The van der Waals surface area contributed by atoms with Gasteiger partial charge < -0.3 is 19.2 Å². The van der Waals surface area contributed by atoms with Crippen molar-refractivity contribution in [3.8, 4) is 11.4 Å². The Balaban J connectivity index is 1.79. The van der Waals surface area contributed by atoms with Crippen molar-refractivity contribution in [2.24, 2.45) is 5.16 Å². The molecule has 176 valence electrons. The van der Waals surface area contributed by atoms with E-state index in [9.17, 15) is 14.7 Å². The van der Waals surface area contributed by atoms with E-state index < -0.39 is 17.2 Å². The summed E-state index contributed by atoms with van der Waals surface area (Å²) in [6.07, 6.45) is 0.0981. The first-order valence-electron chi connectivity index (χ1n) is 11.4. The van der Waals surface area contributed by atoms with Gasteiger partial charge in [-0.1, -0.05) is 30.3 Å². The summed E-state index contributed by atoms with van der Waals surface area (Å²) < 4.78 is 6.79. The predicted octanol–water partition coefficient (Wildman–Crippen LogP) is 3.62. The average molecular weight is 462 g/mol. The van der Waals surface area contributed by atoms with Crippen LogP contribution < -0.4 is 5.56 Å². The fraction of sp³-hybridized carbons (Fsp3) is 0.385. The van der Waals surface area contributed by atoms with Crippen LogP contribution in [0, 0.1) is 0 Å². The Morgan fingerprint density at radius 3 is 2.71 bits per heavy atom. The number of para-hydroxylation sites is 1. The highest BCUT2D eigenvalue weighted by Gasteiger charge is 2.45.